The van der Waals surface area contributed by atoms with Gasteiger partial charge in [0.05, 0.1) is 6.42 Å². The van der Waals surface area contributed by atoms with Gasteiger partial charge in [-0.25, -0.2) is 4.79 Å². The number of nitrogens with zero attached hydrogens (tertiary/aromatic N) is 1. The van der Waals surface area contributed by atoms with Gasteiger partial charge in [-0.3, -0.25) is 9.59 Å². The lowest BCUT2D eigenvalue weighted by Gasteiger charge is -2.13. The summed E-state index contributed by atoms with van der Waals surface area (Å²) in [6, 6.07) is 5.21. The molecule has 28 heavy (non-hydrogen) atoms. The molecule has 0 unspecified atom stereocenters. The van der Waals surface area contributed by atoms with Crippen molar-refractivity contribution in [2.75, 3.05) is 0 Å². The van der Waals surface area contributed by atoms with Gasteiger partial charge in [0.15, 0.2) is 0 Å². The molecule has 148 valence electrons. The summed E-state index contributed by atoms with van der Waals surface area (Å²) in [5.74, 6) is -0.103. The number of fused-ring (bicyclic) bond motifs is 1. The Bertz CT molecular complexity index is 1140. The molecule has 0 bridgehead atoms. The summed E-state index contributed by atoms with van der Waals surface area (Å²) in [4.78, 5) is 35.7. The van der Waals surface area contributed by atoms with Gasteiger partial charge in [-0.05, 0) is 43.0 Å². The van der Waals surface area contributed by atoms with Crippen molar-refractivity contribution in [2.45, 2.75) is 53.2 Å². The zero-order chi connectivity index (χ0) is 20.4. The van der Waals surface area contributed by atoms with Crippen molar-refractivity contribution < 1.29 is 13.9 Å². The van der Waals surface area contributed by atoms with Crippen LogP contribution < -0.4 is 10.5 Å². The summed E-state index contributed by atoms with van der Waals surface area (Å²) in [5, 5.41) is 2.53. The first kappa shape index (κ1) is 20.1. The molecule has 0 aliphatic rings. The summed E-state index contributed by atoms with van der Waals surface area (Å²) in [5.41, 5.74) is 3.66. The van der Waals surface area contributed by atoms with E-state index in [4.69, 9.17) is 9.15 Å². The molecule has 3 rings (SSSR count). The van der Waals surface area contributed by atoms with Crippen LogP contribution in [0, 0.1) is 13.8 Å². The summed E-state index contributed by atoms with van der Waals surface area (Å²) < 4.78 is 12.2. The van der Waals surface area contributed by atoms with Gasteiger partial charge in [0.1, 0.15) is 12.2 Å². The van der Waals surface area contributed by atoms with Crippen LogP contribution in [0.4, 0.5) is 0 Å². The zero-order valence-corrected chi connectivity index (χ0v) is 17.2. The van der Waals surface area contributed by atoms with E-state index in [1.54, 1.807) is 9.95 Å². The Morgan fingerprint density at radius 2 is 1.96 bits per heavy atom. The number of carbonyl (C=O) groups excluding carboxylic acids is 1. The van der Waals surface area contributed by atoms with Crippen molar-refractivity contribution in [3.63, 3.8) is 0 Å². The normalized spacial score (nSPS) is 11.3. The molecule has 2 heterocycles. The first-order valence-corrected chi connectivity index (χ1v) is 10.0. The molecule has 0 saturated heterocycles. The van der Waals surface area contributed by atoms with Gasteiger partial charge >= 0.3 is 16.5 Å². The second-order valence-corrected chi connectivity index (χ2v) is 7.98. The van der Waals surface area contributed by atoms with E-state index in [0.29, 0.717) is 17.1 Å². The monoisotopic (exact) mass is 401 g/mol. The Kier molecular flexibility index (Phi) is 5.84. The Morgan fingerprint density at radius 3 is 2.61 bits per heavy atom. The molecular weight excluding hydrogens is 378 g/mol. The van der Waals surface area contributed by atoms with Crippen molar-refractivity contribution in [2.24, 2.45) is 0 Å². The number of benzene rings is 1. The van der Waals surface area contributed by atoms with E-state index in [-0.39, 0.29) is 24.4 Å². The summed E-state index contributed by atoms with van der Waals surface area (Å²) in [6.45, 7) is 8.27. The highest BCUT2D eigenvalue weighted by atomic mass is 32.1. The summed E-state index contributed by atoms with van der Waals surface area (Å²) in [7, 11) is 0. The van der Waals surface area contributed by atoms with E-state index in [0.717, 1.165) is 33.5 Å². The molecule has 0 amide bonds. The minimum Gasteiger partial charge on any atom is -0.461 e. The first-order valence-electron chi connectivity index (χ1n) is 9.14. The third-order valence-corrected chi connectivity index (χ3v) is 5.62. The van der Waals surface area contributed by atoms with Crippen LogP contribution in [0.2, 0.25) is 0 Å². The number of thiazole rings is 1. The van der Waals surface area contributed by atoms with Crippen LogP contribution >= 0.6 is 11.3 Å². The average molecular weight is 401 g/mol. The highest BCUT2D eigenvalue weighted by molar-refractivity contribution is 7.07. The fourth-order valence-electron chi connectivity index (χ4n) is 3.24. The number of esters is 1. The number of hydrogen-bond donors (Lipinski definition) is 0. The molecular formula is C21H23NO5S. The standard InChI is InChI=1S/C21H23NO5S/c1-12(2)16-9-17-15(8-20(24)27-18(17)7-13(16)3)10-26-19(23)5-6-22-14(4)11-28-21(22)25/h7-9,11-12H,5-6,10H2,1-4H3. The molecule has 0 atom stereocenters. The SMILES string of the molecule is Cc1cc2oc(=O)cc(COC(=O)CCn3c(C)csc3=O)c2cc1C(C)C. The number of rotatable bonds is 6. The highest BCUT2D eigenvalue weighted by Gasteiger charge is 2.13. The number of carbonyl (C=O) groups is 1. The molecule has 0 spiro atoms. The fourth-order valence-corrected chi connectivity index (χ4v) is 4.00. The maximum atomic E-state index is 12.1. The van der Waals surface area contributed by atoms with Gasteiger partial charge < -0.3 is 13.7 Å². The lowest BCUT2D eigenvalue weighted by atomic mass is 9.95. The van der Waals surface area contributed by atoms with Gasteiger partial charge in [0.2, 0.25) is 0 Å². The summed E-state index contributed by atoms with van der Waals surface area (Å²) >= 11 is 1.11. The molecule has 0 saturated carbocycles. The van der Waals surface area contributed by atoms with E-state index >= 15 is 0 Å². The molecule has 0 radical (unpaired) electrons. The predicted molar refractivity (Wildman–Crippen MR) is 109 cm³/mol. The van der Waals surface area contributed by atoms with Crippen molar-refractivity contribution >= 4 is 28.3 Å². The second kappa shape index (κ2) is 8.14. The first-order chi connectivity index (χ1) is 13.3. The molecule has 0 fully saturated rings. The lowest BCUT2D eigenvalue weighted by molar-refractivity contribution is -0.145. The Hall–Kier alpha value is -2.67. The molecule has 0 aliphatic heterocycles. The van der Waals surface area contributed by atoms with Crippen LogP contribution in [0.25, 0.3) is 11.0 Å². The number of aromatic nitrogens is 1. The number of hydrogen-bond acceptors (Lipinski definition) is 6. The quantitative estimate of drug-likeness (QED) is 0.462. The van der Waals surface area contributed by atoms with E-state index in [9.17, 15) is 14.4 Å². The second-order valence-electron chi connectivity index (χ2n) is 7.16. The van der Waals surface area contributed by atoms with Crippen molar-refractivity contribution in [3.05, 3.63) is 66.1 Å². The smallest absolute Gasteiger partial charge is 0.336 e. The number of aryl methyl sites for hydroxylation is 2. The maximum absolute atomic E-state index is 12.1. The highest BCUT2D eigenvalue weighted by Crippen LogP contribution is 2.27. The van der Waals surface area contributed by atoms with Crippen LogP contribution in [0.15, 0.2) is 37.6 Å². The Labute approximate surface area is 166 Å². The van der Waals surface area contributed by atoms with Gasteiger partial charge in [0.25, 0.3) is 0 Å². The van der Waals surface area contributed by atoms with Crippen molar-refractivity contribution in [3.8, 4) is 0 Å². The molecule has 0 N–H and O–H groups in total. The number of ether oxygens (including phenoxy) is 1. The molecule has 7 heteroatoms. The van der Waals surface area contributed by atoms with Crippen LogP contribution in [-0.4, -0.2) is 10.5 Å². The topological polar surface area (TPSA) is 78.5 Å². The van der Waals surface area contributed by atoms with Crippen LogP contribution in [0.1, 0.15) is 48.6 Å². The molecule has 0 aliphatic carbocycles. The van der Waals surface area contributed by atoms with E-state index in [1.807, 2.05) is 26.0 Å². The van der Waals surface area contributed by atoms with Gasteiger partial charge in [0, 0.05) is 34.6 Å². The van der Waals surface area contributed by atoms with Gasteiger partial charge in [-0.15, -0.1) is 0 Å². The lowest BCUT2D eigenvalue weighted by Crippen LogP contribution is -2.18. The molecule has 2 aromatic heterocycles. The third-order valence-electron chi connectivity index (χ3n) is 4.74. The predicted octanol–water partition coefficient (Wildman–Crippen LogP) is 3.89. The van der Waals surface area contributed by atoms with E-state index in [2.05, 4.69) is 13.8 Å². The van der Waals surface area contributed by atoms with E-state index in [1.165, 1.54) is 6.07 Å². The molecule has 3 aromatic rings. The zero-order valence-electron chi connectivity index (χ0n) is 16.4. The van der Waals surface area contributed by atoms with Gasteiger partial charge in [-0.1, -0.05) is 25.2 Å². The van der Waals surface area contributed by atoms with Crippen molar-refractivity contribution in [1.29, 1.82) is 0 Å². The molecule has 1 aromatic carbocycles. The van der Waals surface area contributed by atoms with Crippen LogP contribution in [0.3, 0.4) is 0 Å². The Morgan fingerprint density at radius 1 is 1.21 bits per heavy atom. The largest absolute Gasteiger partial charge is 0.461 e. The summed E-state index contributed by atoms with van der Waals surface area (Å²) in [6.07, 6.45) is 0.0905. The van der Waals surface area contributed by atoms with Crippen LogP contribution in [-0.2, 0) is 22.7 Å². The minimum absolute atomic E-state index is 0.0148. The molecule has 6 nitrogen and oxygen atoms in total. The van der Waals surface area contributed by atoms with E-state index < -0.39 is 11.6 Å². The Balaban J connectivity index is 1.78. The van der Waals surface area contributed by atoms with Gasteiger partial charge in [-0.2, -0.15) is 0 Å². The third kappa shape index (κ3) is 4.25. The minimum atomic E-state index is -0.476. The fraction of sp³-hybridized carbons (Fsp3) is 0.381. The maximum Gasteiger partial charge on any atom is 0.336 e. The average Bonchev–Trinajstić information content (AvgIpc) is 2.94. The van der Waals surface area contributed by atoms with Crippen LogP contribution in [0.5, 0.6) is 0 Å². The van der Waals surface area contributed by atoms with Crippen molar-refractivity contribution in [1.82, 2.24) is 4.57 Å².